The van der Waals surface area contributed by atoms with Crippen molar-refractivity contribution in [3.05, 3.63) is 88.7 Å². The SMILES string of the molecule is C=C(OCC(CC)CCCC)/C(C#N)=C(/c1ccccc1)c1ccc(Cl)cc1. The molecule has 0 spiro atoms. The third kappa shape index (κ3) is 6.01. The Morgan fingerprint density at radius 2 is 1.71 bits per heavy atom. The van der Waals surface area contributed by atoms with Gasteiger partial charge in [-0.1, -0.05) is 93.8 Å². The number of hydrogen-bond acceptors (Lipinski definition) is 2. The van der Waals surface area contributed by atoms with Crippen molar-refractivity contribution in [2.45, 2.75) is 39.5 Å². The number of nitriles is 1. The van der Waals surface area contributed by atoms with E-state index < -0.39 is 0 Å². The fraction of sp³-hybridized carbons (Fsp3) is 0.320. The summed E-state index contributed by atoms with van der Waals surface area (Å²) in [5.74, 6) is 0.901. The summed E-state index contributed by atoms with van der Waals surface area (Å²) in [7, 11) is 0. The molecule has 1 atom stereocenters. The van der Waals surface area contributed by atoms with Crippen LogP contribution < -0.4 is 0 Å². The Bertz CT molecular complexity index is 831. The molecule has 0 amide bonds. The third-order valence-corrected chi connectivity index (χ3v) is 5.12. The number of hydrogen-bond donors (Lipinski definition) is 0. The van der Waals surface area contributed by atoms with E-state index in [2.05, 4.69) is 26.5 Å². The fourth-order valence-electron chi connectivity index (χ4n) is 3.12. The number of allylic oxidation sites excluding steroid dienone is 1. The molecule has 0 heterocycles. The van der Waals surface area contributed by atoms with E-state index in [4.69, 9.17) is 16.3 Å². The molecule has 0 saturated carbocycles. The highest BCUT2D eigenvalue weighted by Crippen LogP contribution is 2.31. The minimum absolute atomic E-state index is 0.422. The molecule has 0 aliphatic heterocycles. The lowest BCUT2D eigenvalue weighted by atomic mass is 9.92. The summed E-state index contributed by atoms with van der Waals surface area (Å²) in [5, 5.41) is 10.6. The van der Waals surface area contributed by atoms with Crippen molar-refractivity contribution < 1.29 is 4.74 Å². The zero-order valence-electron chi connectivity index (χ0n) is 16.7. The minimum Gasteiger partial charge on any atom is -0.493 e. The Hall–Kier alpha value is -2.50. The number of halogens is 1. The molecule has 2 nitrogen and oxygen atoms in total. The molecule has 28 heavy (non-hydrogen) atoms. The van der Waals surface area contributed by atoms with Crippen LogP contribution in [0.4, 0.5) is 0 Å². The van der Waals surface area contributed by atoms with Crippen molar-refractivity contribution in [1.82, 2.24) is 0 Å². The van der Waals surface area contributed by atoms with Gasteiger partial charge in [0.25, 0.3) is 0 Å². The predicted molar refractivity (Wildman–Crippen MR) is 118 cm³/mol. The van der Waals surface area contributed by atoms with Crippen molar-refractivity contribution in [2.75, 3.05) is 6.61 Å². The zero-order chi connectivity index (χ0) is 20.4. The maximum atomic E-state index is 9.93. The van der Waals surface area contributed by atoms with Gasteiger partial charge in [0.2, 0.25) is 0 Å². The van der Waals surface area contributed by atoms with Gasteiger partial charge in [-0.2, -0.15) is 5.26 Å². The van der Waals surface area contributed by atoms with Crippen LogP contribution in [0.25, 0.3) is 5.57 Å². The van der Waals surface area contributed by atoms with Crippen molar-refractivity contribution in [2.24, 2.45) is 5.92 Å². The van der Waals surface area contributed by atoms with Gasteiger partial charge in [0.05, 0.1) is 6.61 Å². The van der Waals surface area contributed by atoms with Gasteiger partial charge in [0, 0.05) is 10.6 Å². The van der Waals surface area contributed by atoms with E-state index in [0.29, 0.717) is 28.9 Å². The van der Waals surface area contributed by atoms with E-state index in [1.54, 1.807) is 0 Å². The quantitative estimate of drug-likeness (QED) is 0.239. The van der Waals surface area contributed by atoms with Crippen molar-refractivity contribution in [3.63, 3.8) is 0 Å². The van der Waals surface area contributed by atoms with Gasteiger partial charge >= 0.3 is 0 Å². The average molecular weight is 394 g/mol. The number of nitrogens with zero attached hydrogens (tertiary/aromatic N) is 1. The van der Waals surface area contributed by atoms with Crippen LogP contribution in [0.1, 0.15) is 50.7 Å². The Morgan fingerprint density at radius 1 is 1.07 bits per heavy atom. The molecule has 0 aliphatic rings. The standard InChI is InChI=1S/C25H28ClNO/c1-4-6-10-20(5-2)18-28-19(3)24(17-27)25(21-11-8-7-9-12-21)22-13-15-23(26)16-14-22/h7-9,11-16,20H,3-6,10,18H2,1-2H3/b25-24-. The van der Waals surface area contributed by atoms with Crippen LogP contribution in [0.2, 0.25) is 5.02 Å². The molecule has 2 rings (SSSR count). The Morgan fingerprint density at radius 3 is 2.29 bits per heavy atom. The number of rotatable bonds is 10. The van der Waals surface area contributed by atoms with Crippen LogP contribution in [0.15, 0.2) is 72.5 Å². The lowest BCUT2D eigenvalue weighted by molar-refractivity contribution is 0.164. The van der Waals surface area contributed by atoms with Crippen LogP contribution in [-0.2, 0) is 4.74 Å². The number of unbranched alkanes of at least 4 members (excludes halogenated alkanes) is 1. The molecule has 0 fully saturated rings. The van der Waals surface area contributed by atoms with E-state index in [0.717, 1.165) is 29.5 Å². The first-order chi connectivity index (χ1) is 13.6. The summed E-state index contributed by atoms with van der Waals surface area (Å²) in [6, 6.07) is 19.7. The largest absolute Gasteiger partial charge is 0.493 e. The lowest BCUT2D eigenvalue weighted by Crippen LogP contribution is -2.10. The van der Waals surface area contributed by atoms with Gasteiger partial charge in [-0.15, -0.1) is 0 Å². The zero-order valence-corrected chi connectivity index (χ0v) is 17.5. The first-order valence-corrected chi connectivity index (χ1v) is 10.3. The molecule has 0 saturated heterocycles. The molecular weight excluding hydrogens is 366 g/mol. The van der Waals surface area contributed by atoms with Crippen molar-refractivity contribution in [1.29, 1.82) is 5.26 Å². The molecule has 2 aromatic carbocycles. The van der Waals surface area contributed by atoms with Crippen LogP contribution in [0, 0.1) is 17.2 Å². The van der Waals surface area contributed by atoms with Crippen molar-refractivity contribution >= 4 is 17.2 Å². The molecule has 3 heteroatoms. The van der Waals surface area contributed by atoms with Crippen LogP contribution in [0.5, 0.6) is 0 Å². The van der Waals surface area contributed by atoms with Gasteiger partial charge in [-0.3, -0.25) is 0 Å². The molecule has 146 valence electrons. The van der Waals surface area contributed by atoms with Gasteiger partial charge < -0.3 is 4.74 Å². The van der Waals surface area contributed by atoms with Crippen LogP contribution >= 0.6 is 11.6 Å². The molecule has 0 aromatic heterocycles. The minimum atomic E-state index is 0.422. The topological polar surface area (TPSA) is 33.0 Å². The number of benzene rings is 2. The smallest absolute Gasteiger partial charge is 0.130 e. The van der Waals surface area contributed by atoms with E-state index in [1.165, 1.54) is 12.8 Å². The van der Waals surface area contributed by atoms with Crippen LogP contribution in [-0.4, -0.2) is 6.61 Å². The van der Waals surface area contributed by atoms with Crippen LogP contribution in [0.3, 0.4) is 0 Å². The van der Waals surface area contributed by atoms with Gasteiger partial charge in [0.15, 0.2) is 0 Å². The molecule has 0 bridgehead atoms. The fourth-order valence-corrected chi connectivity index (χ4v) is 3.25. The van der Waals surface area contributed by atoms with Crippen molar-refractivity contribution in [3.8, 4) is 6.07 Å². The summed E-state index contributed by atoms with van der Waals surface area (Å²) in [6.07, 6.45) is 4.56. The third-order valence-electron chi connectivity index (χ3n) is 4.87. The summed E-state index contributed by atoms with van der Waals surface area (Å²) >= 11 is 6.06. The Kier molecular flexibility index (Phi) is 8.85. The maximum Gasteiger partial charge on any atom is 0.130 e. The highest BCUT2D eigenvalue weighted by Gasteiger charge is 2.17. The van der Waals surface area contributed by atoms with Gasteiger partial charge in [0.1, 0.15) is 17.4 Å². The van der Waals surface area contributed by atoms with E-state index >= 15 is 0 Å². The second kappa shape index (κ2) is 11.4. The maximum absolute atomic E-state index is 9.93. The summed E-state index contributed by atoms with van der Waals surface area (Å²) in [4.78, 5) is 0. The molecule has 0 N–H and O–H groups in total. The Balaban J connectivity index is 2.37. The second-order valence-corrected chi connectivity index (χ2v) is 7.32. The highest BCUT2D eigenvalue weighted by atomic mass is 35.5. The highest BCUT2D eigenvalue weighted by molar-refractivity contribution is 6.30. The molecule has 0 aliphatic carbocycles. The molecule has 2 aromatic rings. The summed E-state index contributed by atoms with van der Waals surface area (Å²) in [5.41, 5.74) is 3.13. The second-order valence-electron chi connectivity index (χ2n) is 6.89. The van der Waals surface area contributed by atoms with Gasteiger partial charge in [-0.25, -0.2) is 0 Å². The summed E-state index contributed by atoms with van der Waals surface area (Å²) < 4.78 is 5.99. The van der Waals surface area contributed by atoms with E-state index in [-0.39, 0.29) is 0 Å². The number of ether oxygens (including phenoxy) is 1. The average Bonchev–Trinajstić information content (AvgIpc) is 2.73. The first-order valence-electron chi connectivity index (χ1n) is 9.88. The normalized spacial score (nSPS) is 12.6. The summed E-state index contributed by atoms with van der Waals surface area (Å²) in [6.45, 7) is 9.03. The molecule has 1 unspecified atom stereocenters. The van der Waals surface area contributed by atoms with E-state index in [9.17, 15) is 5.26 Å². The predicted octanol–water partition coefficient (Wildman–Crippen LogP) is 7.41. The Labute approximate surface area is 174 Å². The first kappa shape index (κ1) is 21.8. The lowest BCUT2D eigenvalue weighted by Gasteiger charge is -2.18. The molecule has 0 radical (unpaired) electrons. The van der Waals surface area contributed by atoms with Gasteiger partial charge in [-0.05, 0) is 35.6 Å². The monoisotopic (exact) mass is 393 g/mol. The van der Waals surface area contributed by atoms with E-state index in [1.807, 2.05) is 54.6 Å². The molecular formula is C25H28ClNO.